The van der Waals surface area contributed by atoms with Crippen molar-refractivity contribution in [3.63, 3.8) is 0 Å². The van der Waals surface area contributed by atoms with Gasteiger partial charge in [0.05, 0.1) is 0 Å². The number of nitrogens with zero attached hydrogens (tertiary/aromatic N) is 1. The smallest absolute Gasteiger partial charge is 0.244 e. The summed E-state index contributed by atoms with van der Waals surface area (Å²) in [5.41, 5.74) is 0.0923. The molecule has 1 aliphatic carbocycles. The van der Waals surface area contributed by atoms with Crippen LogP contribution in [0.5, 0.6) is 0 Å². The molecule has 5 nitrogen and oxygen atoms in total. The lowest BCUT2D eigenvalue weighted by atomic mass is 9.89. The highest BCUT2D eigenvalue weighted by molar-refractivity contribution is 7.89. The van der Waals surface area contributed by atoms with Crippen molar-refractivity contribution in [3.8, 4) is 0 Å². The number of pyridine rings is 1. The van der Waals surface area contributed by atoms with E-state index in [0.29, 0.717) is 12.4 Å². The maximum Gasteiger partial charge on any atom is 0.244 e. The number of nitrogens with one attached hydrogen (secondary N) is 2. The molecule has 0 radical (unpaired) electrons. The Hall–Kier alpha value is -1.14. The third-order valence-electron chi connectivity index (χ3n) is 3.80. The van der Waals surface area contributed by atoms with E-state index in [1.807, 2.05) is 0 Å². The highest BCUT2D eigenvalue weighted by Crippen LogP contribution is 2.37. The Morgan fingerprint density at radius 2 is 2.05 bits per heavy atom. The predicted octanol–water partition coefficient (Wildman–Crippen LogP) is 1.98. The van der Waals surface area contributed by atoms with Crippen LogP contribution in [0.4, 0.5) is 5.82 Å². The second kappa shape index (κ2) is 5.46. The first-order valence-electron chi connectivity index (χ1n) is 6.59. The normalized spacial score (nSPS) is 18.4. The number of aromatic nitrogens is 1. The molecule has 2 N–H and O–H groups in total. The molecular weight excluding hydrogens is 262 g/mol. The maximum absolute atomic E-state index is 12.3. The molecule has 1 aliphatic rings. The van der Waals surface area contributed by atoms with Crippen molar-refractivity contribution in [1.82, 2.24) is 9.71 Å². The summed E-state index contributed by atoms with van der Waals surface area (Å²) in [7, 11) is -1.84. The predicted molar refractivity (Wildman–Crippen MR) is 75.5 cm³/mol. The van der Waals surface area contributed by atoms with Gasteiger partial charge in [-0.3, -0.25) is 0 Å². The number of hydrogen-bond acceptors (Lipinski definition) is 4. The number of sulfonamides is 1. The Labute approximate surface area is 114 Å². The molecule has 0 aromatic carbocycles. The molecule has 106 valence electrons. The van der Waals surface area contributed by atoms with E-state index in [2.05, 4.69) is 21.9 Å². The van der Waals surface area contributed by atoms with Crippen LogP contribution in [-0.2, 0) is 10.0 Å². The number of hydrogen-bond donors (Lipinski definition) is 2. The molecule has 6 heteroatoms. The van der Waals surface area contributed by atoms with Gasteiger partial charge in [0.15, 0.2) is 0 Å². The van der Waals surface area contributed by atoms with Crippen LogP contribution >= 0.6 is 0 Å². The SMILES string of the molecule is CNc1ncccc1S(=O)(=O)NCC1(C)CCCC1. The molecule has 19 heavy (non-hydrogen) atoms. The lowest BCUT2D eigenvalue weighted by Gasteiger charge is -2.23. The fraction of sp³-hybridized carbons (Fsp3) is 0.615. The fourth-order valence-electron chi connectivity index (χ4n) is 2.55. The first-order chi connectivity index (χ1) is 8.97. The van der Waals surface area contributed by atoms with Crippen molar-refractivity contribution >= 4 is 15.8 Å². The molecule has 1 heterocycles. The average molecular weight is 283 g/mol. The van der Waals surface area contributed by atoms with Crippen molar-refractivity contribution in [2.45, 2.75) is 37.5 Å². The Kier molecular flexibility index (Phi) is 4.10. The van der Waals surface area contributed by atoms with Gasteiger partial charge in [0.25, 0.3) is 0 Å². The van der Waals surface area contributed by atoms with E-state index in [1.165, 1.54) is 12.8 Å². The summed E-state index contributed by atoms with van der Waals surface area (Å²) in [4.78, 5) is 4.24. The van der Waals surface area contributed by atoms with Gasteiger partial charge in [-0.1, -0.05) is 19.8 Å². The highest BCUT2D eigenvalue weighted by atomic mass is 32.2. The minimum absolute atomic E-state index is 0.0923. The Bertz CT molecular complexity index is 537. The van der Waals surface area contributed by atoms with Gasteiger partial charge in [0.2, 0.25) is 10.0 Å². The molecule has 1 aromatic heterocycles. The van der Waals surface area contributed by atoms with E-state index in [0.717, 1.165) is 12.8 Å². The van der Waals surface area contributed by atoms with Crippen LogP contribution in [0.2, 0.25) is 0 Å². The van der Waals surface area contributed by atoms with E-state index in [1.54, 1.807) is 25.4 Å². The molecule has 0 spiro atoms. The molecule has 1 aromatic rings. The minimum atomic E-state index is -3.50. The second-order valence-corrected chi connectivity index (χ2v) is 7.18. The summed E-state index contributed by atoms with van der Waals surface area (Å²) < 4.78 is 27.4. The zero-order chi connectivity index (χ0) is 13.9. The van der Waals surface area contributed by atoms with E-state index < -0.39 is 10.0 Å². The van der Waals surface area contributed by atoms with Gasteiger partial charge in [-0.25, -0.2) is 18.1 Å². The van der Waals surface area contributed by atoms with E-state index >= 15 is 0 Å². The molecule has 1 saturated carbocycles. The summed E-state index contributed by atoms with van der Waals surface area (Å²) in [5.74, 6) is 0.381. The molecule has 0 amide bonds. The van der Waals surface area contributed by atoms with Gasteiger partial charge < -0.3 is 5.32 Å². The zero-order valence-electron chi connectivity index (χ0n) is 11.4. The Morgan fingerprint density at radius 3 is 2.68 bits per heavy atom. The third-order valence-corrected chi connectivity index (χ3v) is 5.23. The summed E-state index contributed by atoms with van der Waals surface area (Å²) in [6.45, 7) is 2.64. The second-order valence-electron chi connectivity index (χ2n) is 5.44. The summed E-state index contributed by atoms with van der Waals surface area (Å²) in [6.07, 6.45) is 6.12. The van der Waals surface area contributed by atoms with Crippen LogP contribution in [0.15, 0.2) is 23.2 Å². The lowest BCUT2D eigenvalue weighted by Crippen LogP contribution is -2.34. The number of anilines is 1. The summed E-state index contributed by atoms with van der Waals surface area (Å²) >= 11 is 0. The van der Waals surface area contributed by atoms with Crippen LogP contribution < -0.4 is 10.0 Å². The van der Waals surface area contributed by atoms with Crippen LogP contribution in [0.3, 0.4) is 0 Å². The largest absolute Gasteiger partial charge is 0.372 e. The van der Waals surface area contributed by atoms with Crippen LogP contribution in [-0.4, -0.2) is 27.0 Å². The standard InChI is InChI=1S/C13H21N3O2S/c1-13(7-3-4-8-13)10-16-19(17,18)11-6-5-9-15-12(11)14-2/h5-6,9,16H,3-4,7-8,10H2,1-2H3,(H,14,15). The van der Waals surface area contributed by atoms with Crippen LogP contribution in [0.25, 0.3) is 0 Å². The van der Waals surface area contributed by atoms with Gasteiger partial charge in [0.1, 0.15) is 10.7 Å². The summed E-state index contributed by atoms with van der Waals surface area (Å²) in [5, 5.41) is 2.81. The van der Waals surface area contributed by atoms with Crippen molar-refractivity contribution in [3.05, 3.63) is 18.3 Å². The zero-order valence-corrected chi connectivity index (χ0v) is 12.3. The minimum Gasteiger partial charge on any atom is -0.372 e. The van der Waals surface area contributed by atoms with Gasteiger partial charge in [-0.15, -0.1) is 0 Å². The monoisotopic (exact) mass is 283 g/mol. The third kappa shape index (κ3) is 3.25. The van der Waals surface area contributed by atoms with E-state index in [-0.39, 0.29) is 10.3 Å². The van der Waals surface area contributed by atoms with Crippen LogP contribution in [0.1, 0.15) is 32.6 Å². The average Bonchev–Trinajstić information content (AvgIpc) is 2.84. The lowest BCUT2D eigenvalue weighted by molar-refractivity contribution is 0.336. The first kappa shape index (κ1) is 14.3. The van der Waals surface area contributed by atoms with Crippen molar-refractivity contribution in [2.24, 2.45) is 5.41 Å². The van der Waals surface area contributed by atoms with Gasteiger partial charge in [0, 0.05) is 19.8 Å². The van der Waals surface area contributed by atoms with E-state index in [9.17, 15) is 8.42 Å². The highest BCUT2D eigenvalue weighted by Gasteiger charge is 2.30. The molecule has 0 unspecified atom stereocenters. The molecule has 1 fully saturated rings. The van der Waals surface area contributed by atoms with Gasteiger partial charge >= 0.3 is 0 Å². The van der Waals surface area contributed by atoms with Crippen molar-refractivity contribution < 1.29 is 8.42 Å². The van der Waals surface area contributed by atoms with Crippen molar-refractivity contribution in [2.75, 3.05) is 18.9 Å². The first-order valence-corrected chi connectivity index (χ1v) is 8.08. The van der Waals surface area contributed by atoms with Crippen molar-refractivity contribution in [1.29, 1.82) is 0 Å². The van der Waals surface area contributed by atoms with Gasteiger partial charge in [-0.2, -0.15) is 0 Å². The van der Waals surface area contributed by atoms with E-state index in [4.69, 9.17) is 0 Å². The topological polar surface area (TPSA) is 71.1 Å². The molecular formula is C13H21N3O2S. The quantitative estimate of drug-likeness (QED) is 0.867. The number of rotatable bonds is 5. The molecule has 0 aliphatic heterocycles. The van der Waals surface area contributed by atoms with Gasteiger partial charge in [-0.05, 0) is 30.4 Å². The molecule has 0 saturated heterocycles. The molecule has 2 rings (SSSR count). The maximum atomic E-state index is 12.3. The Balaban J connectivity index is 2.14. The summed E-state index contributed by atoms with van der Waals surface area (Å²) in [6, 6.07) is 3.20. The molecule has 0 bridgehead atoms. The Morgan fingerprint density at radius 1 is 1.37 bits per heavy atom. The molecule has 0 atom stereocenters. The van der Waals surface area contributed by atoms with Crippen LogP contribution in [0, 0.1) is 5.41 Å². The fourth-order valence-corrected chi connectivity index (χ4v) is 3.91.